The van der Waals surface area contributed by atoms with Crippen LogP contribution in [-0.2, 0) is 9.53 Å². The Labute approximate surface area is 106 Å². The number of carbonyl (C=O) groups is 1. The van der Waals surface area contributed by atoms with Crippen molar-refractivity contribution in [2.75, 3.05) is 19.5 Å². The van der Waals surface area contributed by atoms with Crippen LogP contribution in [-0.4, -0.2) is 25.4 Å². The number of rotatable bonds is 6. The molecule has 0 saturated carbocycles. The summed E-state index contributed by atoms with van der Waals surface area (Å²) in [4.78, 5) is 12.1. The first-order valence-corrected chi connectivity index (χ1v) is 6.35. The Morgan fingerprint density at radius 1 is 1.47 bits per heavy atom. The molecule has 0 aliphatic carbocycles. The van der Waals surface area contributed by atoms with Gasteiger partial charge in [0.2, 0.25) is 0 Å². The Balaban J connectivity index is 2.37. The second-order valence-corrected chi connectivity index (χ2v) is 4.24. The fraction of sp³-hybridized carbons (Fsp3) is 0.308. The van der Waals surface area contributed by atoms with Gasteiger partial charge in [-0.25, -0.2) is 4.79 Å². The highest BCUT2D eigenvalue weighted by Gasteiger charge is 1.96. The SMILES string of the molecule is CCOC(=O)/C=C/CSc1cccc(OC)c1. The zero-order valence-electron chi connectivity index (χ0n) is 10.0. The largest absolute Gasteiger partial charge is 0.497 e. The van der Waals surface area contributed by atoms with Crippen LogP contribution in [0.15, 0.2) is 41.3 Å². The number of thioether (sulfide) groups is 1. The molecule has 0 bridgehead atoms. The summed E-state index contributed by atoms with van der Waals surface area (Å²) in [6.07, 6.45) is 3.25. The lowest BCUT2D eigenvalue weighted by atomic mass is 10.3. The van der Waals surface area contributed by atoms with Gasteiger partial charge in [-0.3, -0.25) is 0 Å². The third kappa shape index (κ3) is 5.45. The van der Waals surface area contributed by atoms with E-state index in [4.69, 9.17) is 9.47 Å². The van der Waals surface area contributed by atoms with Gasteiger partial charge in [0.05, 0.1) is 13.7 Å². The minimum atomic E-state index is -0.293. The van der Waals surface area contributed by atoms with E-state index in [0.29, 0.717) is 6.61 Å². The molecule has 92 valence electrons. The van der Waals surface area contributed by atoms with E-state index < -0.39 is 0 Å². The van der Waals surface area contributed by atoms with E-state index >= 15 is 0 Å². The summed E-state index contributed by atoms with van der Waals surface area (Å²) in [6.45, 7) is 2.20. The molecule has 0 aromatic heterocycles. The van der Waals surface area contributed by atoms with Gasteiger partial charge in [0.15, 0.2) is 0 Å². The van der Waals surface area contributed by atoms with Gasteiger partial charge < -0.3 is 9.47 Å². The molecule has 1 aromatic rings. The summed E-state index contributed by atoms with van der Waals surface area (Å²) in [5.41, 5.74) is 0. The number of hydrogen-bond donors (Lipinski definition) is 0. The van der Waals surface area contributed by atoms with Crippen LogP contribution in [0.3, 0.4) is 0 Å². The number of esters is 1. The van der Waals surface area contributed by atoms with Crippen LogP contribution in [0.5, 0.6) is 5.75 Å². The molecule has 3 nitrogen and oxygen atoms in total. The standard InChI is InChI=1S/C13H16O3S/c1-3-16-13(14)8-5-9-17-12-7-4-6-11(10-12)15-2/h4-8,10H,3,9H2,1-2H3/b8-5+. The molecule has 4 heteroatoms. The molecule has 0 aliphatic rings. The molecule has 0 amide bonds. The van der Waals surface area contributed by atoms with Gasteiger partial charge in [0.25, 0.3) is 0 Å². The van der Waals surface area contributed by atoms with E-state index in [-0.39, 0.29) is 5.97 Å². The zero-order valence-corrected chi connectivity index (χ0v) is 10.8. The first-order valence-electron chi connectivity index (χ1n) is 5.36. The molecule has 0 radical (unpaired) electrons. The molecule has 1 rings (SSSR count). The van der Waals surface area contributed by atoms with Crippen molar-refractivity contribution in [2.45, 2.75) is 11.8 Å². The molecule has 0 fully saturated rings. The van der Waals surface area contributed by atoms with Gasteiger partial charge in [-0.2, -0.15) is 0 Å². The molecule has 0 unspecified atom stereocenters. The Morgan fingerprint density at radius 3 is 3.00 bits per heavy atom. The van der Waals surface area contributed by atoms with Crippen LogP contribution in [0.2, 0.25) is 0 Å². The van der Waals surface area contributed by atoms with Crippen molar-refractivity contribution in [1.29, 1.82) is 0 Å². The van der Waals surface area contributed by atoms with Crippen molar-refractivity contribution in [1.82, 2.24) is 0 Å². The number of carbonyl (C=O) groups excluding carboxylic acids is 1. The third-order valence-corrected chi connectivity index (χ3v) is 2.87. The highest BCUT2D eigenvalue weighted by Crippen LogP contribution is 2.22. The van der Waals surface area contributed by atoms with Gasteiger partial charge >= 0.3 is 5.97 Å². The van der Waals surface area contributed by atoms with Crippen molar-refractivity contribution >= 4 is 17.7 Å². The predicted octanol–water partition coefficient (Wildman–Crippen LogP) is 2.91. The minimum absolute atomic E-state index is 0.293. The van der Waals surface area contributed by atoms with Crippen molar-refractivity contribution in [3.8, 4) is 5.75 Å². The molecular formula is C13H16O3S. The first-order chi connectivity index (χ1) is 8.26. The number of methoxy groups -OCH3 is 1. The minimum Gasteiger partial charge on any atom is -0.497 e. The molecule has 0 atom stereocenters. The van der Waals surface area contributed by atoms with Crippen LogP contribution in [0.4, 0.5) is 0 Å². The van der Waals surface area contributed by atoms with Crippen LogP contribution in [0.1, 0.15) is 6.92 Å². The average Bonchev–Trinajstić information content (AvgIpc) is 2.35. The molecule has 0 spiro atoms. The Hall–Kier alpha value is -1.42. The predicted molar refractivity (Wildman–Crippen MR) is 69.5 cm³/mol. The maximum Gasteiger partial charge on any atom is 0.330 e. The van der Waals surface area contributed by atoms with Gasteiger partial charge in [-0.1, -0.05) is 12.1 Å². The molecule has 0 aliphatic heterocycles. The molecular weight excluding hydrogens is 236 g/mol. The van der Waals surface area contributed by atoms with E-state index in [1.807, 2.05) is 24.3 Å². The second kappa shape index (κ2) is 7.79. The van der Waals surface area contributed by atoms with Crippen LogP contribution in [0, 0.1) is 0 Å². The van der Waals surface area contributed by atoms with Crippen LogP contribution < -0.4 is 4.74 Å². The van der Waals surface area contributed by atoms with Gasteiger partial charge in [0, 0.05) is 16.7 Å². The smallest absolute Gasteiger partial charge is 0.330 e. The summed E-state index contributed by atoms with van der Waals surface area (Å²) >= 11 is 1.64. The zero-order chi connectivity index (χ0) is 12.5. The highest BCUT2D eigenvalue weighted by molar-refractivity contribution is 7.99. The van der Waals surface area contributed by atoms with Crippen molar-refractivity contribution in [3.05, 3.63) is 36.4 Å². The lowest BCUT2D eigenvalue weighted by Gasteiger charge is -2.02. The molecule has 1 aromatic carbocycles. The lowest BCUT2D eigenvalue weighted by Crippen LogP contribution is -1.98. The summed E-state index contributed by atoms with van der Waals surface area (Å²) in [5.74, 6) is 1.27. The Bertz CT molecular complexity index is 388. The maximum absolute atomic E-state index is 11.0. The van der Waals surface area contributed by atoms with Gasteiger partial charge in [0.1, 0.15) is 5.75 Å². The van der Waals surface area contributed by atoms with Crippen LogP contribution >= 0.6 is 11.8 Å². The summed E-state index contributed by atoms with van der Waals surface area (Å²) < 4.78 is 9.90. The fourth-order valence-electron chi connectivity index (χ4n) is 1.17. The number of ether oxygens (including phenoxy) is 2. The Morgan fingerprint density at radius 2 is 2.29 bits per heavy atom. The van der Waals surface area contributed by atoms with E-state index in [0.717, 1.165) is 16.4 Å². The second-order valence-electron chi connectivity index (χ2n) is 3.14. The molecule has 0 saturated heterocycles. The van der Waals surface area contributed by atoms with E-state index in [9.17, 15) is 4.79 Å². The molecule has 0 heterocycles. The Kier molecular flexibility index (Phi) is 6.25. The molecule has 17 heavy (non-hydrogen) atoms. The van der Waals surface area contributed by atoms with Crippen LogP contribution in [0.25, 0.3) is 0 Å². The topological polar surface area (TPSA) is 35.5 Å². The van der Waals surface area contributed by atoms with Crippen molar-refractivity contribution < 1.29 is 14.3 Å². The highest BCUT2D eigenvalue weighted by atomic mass is 32.2. The summed E-state index contributed by atoms with van der Waals surface area (Å²) in [7, 11) is 1.64. The quantitative estimate of drug-likeness (QED) is 0.443. The van der Waals surface area contributed by atoms with E-state index in [1.54, 1.807) is 31.9 Å². The number of benzene rings is 1. The monoisotopic (exact) mass is 252 g/mol. The van der Waals surface area contributed by atoms with Crippen molar-refractivity contribution in [2.24, 2.45) is 0 Å². The first kappa shape index (κ1) is 13.6. The average molecular weight is 252 g/mol. The number of hydrogen-bond acceptors (Lipinski definition) is 4. The van der Waals surface area contributed by atoms with Gasteiger partial charge in [-0.15, -0.1) is 11.8 Å². The lowest BCUT2D eigenvalue weighted by molar-refractivity contribution is -0.137. The van der Waals surface area contributed by atoms with Gasteiger partial charge in [-0.05, 0) is 25.1 Å². The molecule has 0 N–H and O–H groups in total. The fourth-order valence-corrected chi connectivity index (χ4v) is 1.93. The third-order valence-electron chi connectivity index (χ3n) is 1.93. The maximum atomic E-state index is 11.0. The van der Waals surface area contributed by atoms with Crippen molar-refractivity contribution in [3.63, 3.8) is 0 Å². The van der Waals surface area contributed by atoms with E-state index in [1.165, 1.54) is 6.08 Å². The van der Waals surface area contributed by atoms with E-state index in [2.05, 4.69) is 0 Å². The summed E-state index contributed by atoms with van der Waals surface area (Å²) in [5, 5.41) is 0. The summed E-state index contributed by atoms with van der Waals surface area (Å²) in [6, 6.07) is 7.81. The normalized spacial score (nSPS) is 10.5.